The minimum Gasteiger partial charge on any atom is -0.378 e. The SMILES string of the molecule is CC(C)NC(=O)C1COCCN1S(=O)(=O)c1sccc1Br. The summed E-state index contributed by atoms with van der Waals surface area (Å²) in [6.07, 6.45) is 0. The van der Waals surface area contributed by atoms with E-state index < -0.39 is 16.1 Å². The summed E-state index contributed by atoms with van der Waals surface area (Å²) in [6, 6.07) is 0.791. The number of thiophene rings is 1. The van der Waals surface area contributed by atoms with Gasteiger partial charge in [-0.15, -0.1) is 11.3 Å². The number of nitrogens with zero attached hydrogens (tertiary/aromatic N) is 1. The molecule has 1 aliphatic heterocycles. The van der Waals surface area contributed by atoms with E-state index in [1.54, 1.807) is 11.4 Å². The maximum Gasteiger partial charge on any atom is 0.254 e. The summed E-state index contributed by atoms with van der Waals surface area (Å²) in [5, 5.41) is 4.44. The molecule has 0 saturated carbocycles. The topological polar surface area (TPSA) is 75.7 Å². The van der Waals surface area contributed by atoms with Crippen molar-refractivity contribution >= 4 is 43.2 Å². The number of rotatable bonds is 4. The van der Waals surface area contributed by atoms with Gasteiger partial charge >= 0.3 is 0 Å². The van der Waals surface area contributed by atoms with E-state index >= 15 is 0 Å². The molecule has 1 atom stereocenters. The van der Waals surface area contributed by atoms with Crippen LogP contribution in [0, 0.1) is 0 Å². The van der Waals surface area contributed by atoms with Gasteiger partial charge in [0.25, 0.3) is 10.0 Å². The van der Waals surface area contributed by atoms with Crippen LogP contribution in [0.4, 0.5) is 0 Å². The molecule has 0 aliphatic carbocycles. The molecule has 1 unspecified atom stereocenters. The molecular formula is C12H17BrN2O4S2. The van der Waals surface area contributed by atoms with E-state index in [0.717, 1.165) is 11.3 Å². The molecule has 1 N–H and O–H groups in total. The number of sulfonamides is 1. The predicted molar refractivity (Wildman–Crippen MR) is 83.8 cm³/mol. The fourth-order valence-electron chi connectivity index (χ4n) is 2.03. The lowest BCUT2D eigenvalue weighted by atomic mass is 10.2. The number of amides is 1. The van der Waals surface area contributed by atoms with Gasteiger partial charge in [0.2, 0.25) is 5.91 Å². The molecule has 0 bridgehead atoms. The van der Waals surface area contributed by atoms with Crippen LogP contribution in [0.25, 0.3) is 0 Å². The van der Waals surface area contributed by atoms with Crippen LogP contribution >= 0.6 is 27.3 Å². The molecule has 2 rings (SSSR count). The summed E-state index contributed by atoms with van der Waals surface area (Å²) >= 11 is 4.37. The second kappa shape index (κ2) is 6.74. The van der Waals surface area contributed by atoms with Crippen LogP contribution < -0.4 is 5.32 Å². The molecule has 0 spiro atoms. The van der Waals surface area contributed by atoms with Crippen molar-refractivity contribution in [2.75, 3.05) is 19.8 Å². The third-order valence-corrected chi connectivity index (χ3v) is 7.50. The Morgan fingerprint density at radius 3 is 2.86 bits per heavy atom. The Bertz CT molecular complexity index is 615. The van der Waals surface area contributed by atoms with Gasteiger partial charge in [0.1, 0.15) is 10.3 Å². The Balaban J connectivity index is 2.30. The van der Waals surface area contributed by atoms with Crippen molar-refractivity contribution in [2.24, 2.45) is 0 Å². The Kier molecular flexibility index (Phi) is 5.42. The molecule has 1 fully saturated rings. The van der Waals surface area contributed by atoms with Gasteiger partial charge in [0.05, 0.1) is 13.2 Å². The zero-order chi connectivity index (χ0) is 15.6. The average molecular weight is 397 g/mol. The first-order valence-electron chi connectivity index (χ1n) is 6.47. The number of carbonyl (C=O) groups excluding carboxylic acids is 1. The van der Waals surface area contributed by atoms with Gasteiger partial charge in [-0.05, 0) is 41.2 Å². The predicted octanol–water partition coefficient (Wildman–Crippen LogP) is 1.42. The van der Waals surface area contributed by atoms with Crippen LogP contribution in [-0.4, -0.2) is 50.5 Å². The number of ether oxygens (including phenoxy) is 1. The molecule has 1 amide bonds. The molecule has 9 heteroatoms. The number of hydrogen-bond acceptors (Lipinski definition) is 5. The molecule has 2 heterocycles. The van der Waals surface area contributed by atoms with Gasteiger partial charge in [-0.3, -0.25) is 4.79 Å². The van der Waals surface area contributed by atoms with E-state index in [2.05, 4.69) is 21.2 Å². The zero-order valence-corrected chi connectivity index (χ0v) is 14.9. The van der Waals surface area contributed by atoms with Crippen molar-refractivity contribution < 1.29 is 17.9 Å². The highest BCUT2D eigenvalue weighted by atomic mass is 79.9. The van der Waals surface area contributed by atoms with Crippen LogP contribution in [0.1, 0.15) is 13.8 Å². The highest BCUT2D eigenvalue weighted by Crippen LogP contribution is 2.31. The molecule has 1 aromatic rings. The van der Waals surface area contributed by atoms with Crippen molar-refractivity contribution in [3.05, 3.63) is 15.9 Å². The maximum absolute atomic E-state index is 12.7. The number of hydrogen-bond donors (Lipinski definition) is 1. The Labute approximate surface area is 136 Å². The molecular weight excluding hydrogens is 380 g/mol. The fraction of sp³-hybridized carbons (Fsp3) is 0.583. The van der Waals surface area contributed by atoms with Crippen molar-refractivity contribution in [1.82, 2.24) is 9.62 Å². The molecule has 1 saturated heterocycles. The molecule has 1 aromatic heterocycles. The lowest BCUT2D eigenvalue weighted by Crippen LogP contribution is -2.56. The van der Waals surface area contributed by atoms with Gasteiger partial charge in [-0.2, -0.15) is 4.31 Å². The number of halogens is 1. The monoisotopic (exact) mass is 396 g/mol. The number of carbonyl (C=O) groups is 1. The molecule has 21 heavy (non-hydrogen) atoms. The van der Waals surface area contributed by atoms with E-state index in [1.165, 1.54) is 4.31 Å². The average Bonchev–Trinajstić information content (AvgIpc) is 2.85. The first-order chi connectivity index (χ1) is 9.84. The highest BCUT2D eigenvalue weighted by molar-refractivity contribution is 9.10. The maximum atomic E-state index is 12.7. The first-order valence-corrected chi connectivity index (χ1v) is 9.58. The van der Waals surface area contributed by atoms with Crippen LogP contribution in [-0.2, 0) is 19.6 Å². The minimum absolute atomic E-state index is 0.0579. The van der Waals surface area contributed by atoms with Crippen LogP contribution in [0.3, 0.4) is 0 Å². The van der Waals surface area contributed by atoms with Crippen molar-refractivity contribution in [3.8, 4) is 0 Å². The summed E-state index contributed by atoms with van der Waals surface area (Å²) in [7, 11) is -3.72. The molecule has 0 aromatic carbocycles. The lowest BCUT2D eigenvalue weighted by molar-refractivity contribution is -0.129. The fourth-order valence-corrected chi connectivity index (χ4v) is 6.02. The van der Waals surface area contributed by atoms with Gasteiger partial charge in [-0.25, -0.2) is 8.42 Å². The lowest BCUT2D eigenvalue weighted by Gasteiger charge is -2.33. The van der Waals surface area contributed by atoms with Crippen molar-refractivity contribution in [3.63, 3.8) is 0 Å². The number of morpholine rings is 1. The van der Waals surface area contributed by atoms with E-state index in [-0.39, 0.29) is 35.9 Å². The Morgan fingerprint density at radius 1 is 1.57 bits per heavy atom. The third-order valence-electron chi connectivity index (χ3n) is 2.94. The van der Waals surface area contributed by atoms with E-state index in [0.29, 0.717) is 4.47 Å². The van der Waals surface area contributed by atoms with Crippen LogP contribution in [0.2, 0.25) is 0 Å². The summed E-state index contributed by atoms with van der Waals surface area (Å²) in [6.45, 7) is 4.18. The van der Waals surface area contributed by atoms with Gasteiger partial charge < -0.3 is 10.1 Å². The third kappa shape index (κ3) is 3.65. The van der Waals surface area contributed by atoms with E-state index in [1.807, 2.05) is 13.8 Å². The summed E-state index contributed by atoms with van der Waals surface area (Å²) in [5.41, 5.74) is 0. The molecule has 0 radical (unpaired) electrons. The van der Waals surface area contributed by atoms with Crippen molar-refractivity contribution in [1.29, 1.82) is 0 Å². The van der Waals surface area contributed by atoms with Gasteiger partial charge in [0, 0.05) is 17.1 Å². The van der Waals surface area contributed by atoms with Crippen molar-refractivity contribution in [2.45, 2.75) is 30.1 Å². The zero-order valence-electron chi connectivity index (χ0n) is 11.7. The standard InChI is InChI=1S/C12H17BrN2O4S2/c1-8(2)14-11(16)10-7-19-5-4-15(10)21(17,18)12-9(13)3-6-20-12/h3,6,8,10H,4-5,7H2,1-2H3,(H,14,16). The summed E-state index contributed by atoms with van der Waals surface area (Å²) in [4.78, 5) is 12.2. The molecule has 6 nitrogen and oxygen atoms in total. The molecule has 1 aliphatic rings. The van der Waals surface area contributed by atoms with Gasteiger partial charge in [0.15, 0.2) is 0 Å². The summed E-state index contributed by atoms with van der Waals surface area (Å²) in [5.74, 6) is -0.332. The summed E-state index contributed by atoms with van der Waals surface area (Å²) < 4.78 is 32.7. The van der Waals surface area contributed by atoms with Crippen LogP contribution in [0.15, 0.2) is 20.1 Å². The van der Waals surface area contributed by atoms with E-state index in [4.69, 9.17) is 4.74 Å². The normalized spacial score (nSPS) is 20.7. The highest BCUT2D eigenvalue weighted by Gasteiger charge is 2.39. The van der Waals surface area contributed by atoms with Gasteiger partial charge in [-0.1, -0.05) is 0 Å². The minimum atomic E-state index is -3.72. The smallest absolute Gasteiger partial charge is 0.254 e. The number of nitrogens with one attached hydrogen (secondary N) is 1. The first kappa shape index (κ1) is 16.9. The Hall–Kier alpha value is -0.480. The quantitative estimate of drug-likeness (QED) is 0.834. The second-order valence-corrected chi connectivity index (χ2v) is 8.78. The van der Waals surface area contributed by atoms with Crippen LogP contribution in [0.5, 0.6) is 0 Å². The largest absolute Gasteiger partial charge is 0.378 e. The molecule has 118 valence electrons. The Morgan fingerprint density at radius 2 is 2.29 bits per heavy atom. The van der Waals surface area contributed by atoms with E-state index in [9.17, 15) is 13.2 Å². The second-order valence-electron chi connectivity index (χ2n) is 4.93.